The fraction of sp³-hybridized carbons (Fsp3) is 0.421. The molecule has 0 aliphatic carbocycles. The van der Waals surface area contributed by atoms with Gasteiger partial charge in [-0.1, -0.05) is 16.9 Å². The number of hydrogen-bond acceptors (Lipinski definition) is 8. The van der Waals surface area contributed by atoms with Crippen molar-refractivity contribution in [3.63, 3.8) is 0 Å². The number of nitrogens with zero attached hydrogens (tertiary/aromatic N) is 6. The van der Waals surface area contributed by atoms with Crippen LogP contribution in [0.2, 0.25) is 0 Å². The quantitative estimate of drug-likeness (QED) is 0.567. The maximum absolute atomic E-state index is 12.8. The Morgan fingerprint density at radius 3 is 2.90 bits per heavy atom. The Bertz CT molecular complexity index is 970. The van der Waals surface area contributed by atoms with Gasteiger partial charge in [-0.25, -0.2) is 0 Å². The summed E-state index contributed by atoms with van der Waals surface area (Å²) in [7, 11) is 1.63. The number of likely N-dealkylation sites (tertiary alicyclic amines) is 1. The van der Waals surface area contributed by atoms with Crippen molar-refractivity contribution >= 4 is 17.7 Å². The molecule has 3 heterocycles. The first-order valence-electron chi connectivity index (χ1n) is 9.39. The van der Waals surface area contributed by atoms with Crippen LogP contribution in [0.1, 0.15) is 30.5 Å². The van der Waals surface area contributed by atoms with Crippen LogP contribution in [-0.4, -0.2) is 61.7 Å². The molecule has 1 saturated heterocycles. The van der Waals surface area contributed by atoms with Gasteiger partial charge in [0.25, 0.3) is 0 Å². The van der Waals surface area contributed by atoms with Crippen molar-refractivity contribution in [2.45, 2.75) is 30.8 Å². The highest BCUT2D eigenvalue weighted by molar-refractivity contribution is 7.99. The molecule has 29 heavy (non-hydrogen) atoms. The van der Waals surface area contributed by atoms with Crippen LogP contribution in [-0.2, 0) is 4.79 Å². The molecule has 3 aromatic rings. The second kappa shape index (κ2) is 8.64. The second-order valence-corrected chi connectivity index (χ2v) is 7.77. The molecule has 10 heteroatoms. The average Bonchev–Trinajstić information content (AvgIpc) is 3.41. The summed E-state index contributed by atoms with van der Waals surface area (Å²) in [5.41, 5.74) is 0.913. The van der Waals surface area contributed by atoms with Crippen LogP contribution in [0.3, 0.4) is 0 Å². The third-order valence-corrected chi connectivity index (χ3v) is 5.79. The first kappa shape index (κ1) is 19.4. The number of benzene rings is 1. The zero-order valence-corrected chi connectivity index (χ0v) is 17.1. The van der Waals surface area contributed by atoms with Gasteiger partial charge in [0.2, 0.25) is 11.8 Å². The lowest BCUT2D eigenvalue weighted by Crippen LogP contribution is -2.40. The predicted molar refractivity (Wildman–Crippen MR) is 106 cm³/mol. The van der Waals surface area contributed by atoms with Gasteiger partial charge in [-0.15, -0.1) is 10.2 Å². The SMILES string of the molecule is COc1ccc(-n2cnnc2SCC(=O)N2CCCC(c3nc(C)no3)C2)cc1. The monoisotopic (exact) mass is 414 g/mol. The lowest BCUT2D eigenvalue weighted by molar-refractivity contribution is -0.129. The molecule has 0 bridgehead atoms. The first-order valence-corrected chi connectivity index (χ1v) is 10.4. The zero-order valence-electron chi connectivity index (χ0n) is 16.3. The molecule has 0 radical (unpaired) electrons. The molecule has 152 valence electrons. The van der Waals surface area contributed by atoms with Crippen LogP contribution in [0.25, 0.3) is 5.69 Å². The van der Waals surface area contributed by atoms with Gasteiger partial charge in [0.1, 0.15) is 12.1 Å². The van der Waals surface area contributed by atoms with E-state index in [0.717, 1.165) is 30.8 Å². The smallest absolute Gasteiger partial charge is 0.233 e. The van der Waals surface area contributed by atoms with E-state index in [9.17, 15) is 4.79 Å². The summed E-state index contributed by atoms with van der Waals surface area (Å²) in [6.07, 6.45) is 3.51. The maximum Gasteiger partial charge on any atom is 0.233 e. The Labute approximate surface area is 172 Å². The van der Waals surface area contributed by atoms with Crippen molar-refractivity contribution in [1.82, 2.24) is 29.8 Å². The predicted octanol–water partition coefficient (Wildman–Crippen LogP) is 2.47. The third-order valence-electron chi connectivity index (χ3n) is 4.86. The van der Waals surface area contributed by atoms with E-state index in [4.69, 9.17) is 9.26 Å². The average molecular weight is 414 g/mol. The fourth-order valence-electron chi connectivity index (χ4n) is 3.34. The Kier molecular flexibility index (Phi) is 5.79. The minimum Gasteiger partial charge on any atom is -0.497 e. The fourth-order valence-corrected chi connectivity index (χ4v) is 4.18. The summed E-state index contributed by atoms with van der Waals surface area (Å²) in [6, 6.07) is 7.61. The van der Waals surface area contributed by atoms with E-state index in [1.165, 1.54) is 11.8 Å². The van der Waals surface area contributed by atoms with Gasteiger partial charge in [-0.3, -0.25) is 9.36 Å². The van der Waals surface area contributed by atoms with Crippen LogP contribution in [0.5, 0.6) is 5.75 Å². The number of aromatic nitrogens is 5. The van der Waals surface area contributed by atoms with Crippen LogP contribution in [0, 0.1) is 6.92 Å². The molecule has 2 aromatic heterocycles. The molecule has 4 rings (SSSR count). The van der Waals surface area contributed by atoms with E-state index in [2.05, 4.69) is 20.3 Å². The van der Waals surface area contributed by atoms with Gasteiger partial charge in [-0.05, 0) is 44.0 Å². The van der Waals surface area contributed by atoms with Gasteiger partial charge in [-0.2, -0.15) is 4.98 Å². The number of ether oxygens (including phenoxy) is 1. The molecule has 1 aliphatic heterocycles. The van der Waals surface area contributed by atoms with Gasteiger partial charge >= 0.3 is 0 Å². The minimum atomic E-state index is 0.0696. The highest BCUT2D eigenvalue weighted by atomic mass is 32.2. The van der Waals surface area contributed by atoms with Crippen LogP contribution < -0.4 is 4.74 Å². The number of methoxy groups -OCH3 is 1. The van der Waals surface area contributed by atoms with E-state index < -0.39 is 0 Å². The summed E-state index contributed by atoms with van der Waals surface area (Å²) in [5, 5.41) is 12.7. The summed E-state index contributed by atoms with van der Waals surface area (Å²) in [6.45, 7) is 3.15. The molecule has 1 aliphatic rings. The standard InChI is InChI=1S/C19H22N6O3S/c1-13-21-18(28-23-13)14-4-3-9-24(10-14)17(26)11-29-19-22-20-12-25(19)15-5-7-16(27-2)8-6-15/h5-8,12,14H,3-4,9-11H2,1-2H3. The van der Waals surface area contributed by atoms with Crippen molar-refractivity contribution in [3.8, 4) is 11.4 Å². The topological polar surface area (TPSA) is 99.2 Å². The van der Waals surface area contributed by atoms with E-state index in [0.29, 0.717) is 29.2 Å². The third kappa shape index (κ3) is 4.42. The second-order valence-electron chi connectivity index (χ2n) is 6.83. The van der Waals surface area contributed by atoms with Crippen molar-refractivity contribution in [2.75, 3.05) is 26.0 Å². The summed E-state index contributed by atoms with van der Waals surface area (Å²) < 4.78 is 12.3. The highest BCUT2D eigenvalue weighted by Crippen LogP contribution is 2.27. The number of rotatable bonds is 6. The molecular formula is C19H22N6O3S. The molecule has 1 aromatic carbocycles. The number of hydrogen-bond donors (Lipinski definition) is 0. The van der Waals surface area contributed by atoms with Crippen molar-refractivity contribution in [3.05, 3.63) is 42.3 Å². The normalized spacial score (nSPS) is 16.8. The number of aryl methyl sites for hydroxylation is 1. The zero-order chi connectivity index (χ0) is 20.2. The lowest BCUT2D eigenvalue weighted by atomic mass is 9.98. The maximum atomic E-state index is 12.8. The van der Waals surface area contributed by atoms with Crippen molar-refractivity contribution in [1.29, 1.82) is 0 Å². The molecule has 9 nitrogen and oxygen atoms in total. The van der Waals surface area contributed by atoms with E-state index in [-0.39, 0.29) is 11.8 Å². The first-order chi connectivity index (χ1) is 14.1. The largest absolute Gasteiger partial charge is 0.497 e. The van der Waals surface area contributed by atoms with Crippen molar-refractivity contribution < 1.29 is 14.1 Å². The lowest BCUT2D eigenvalue weighted by Gasteiger charge is -2.30. The number of carbonyl (C=O) groups excluding carboxylic acids is 1. The van der Waals surface area contributed by atoms with Crippen LogP contribution in [0.4, 0.5) is 0 Å². The molecule has 1 atom stereocenters. The summed E-state index contributed by atoms with van der Waals surface area (Å²) >= 11 is 1.38. The van der Waals surface area contributed by atoms with Gasteiger partial charge in [0.15, 0.2) is 11.0 Å². The van der Waals surface area contributed by atoms with Gasteiger partial charge in [0.05, 0.1) is 18.8 Å². The number of amides is 1. The Balaban J connectivity index is 1.38. The Morgan fingerprint density at radius 1 is 1.34 bits per heavy atom. The molecule has 1 unspecified atom stereocenters. The number of piperidine rings is 1. The highest BCUT2D eigenvalue weighted by Gasteiger charge is 2.28. The minimum absolute atomic E-state index is 0.0696. The Morgan fingerprint density at radius 2 is 2.17 bits per heavy atom. The van der Waals surface area contributed by atoms with E-state index in [1.807, 2.05) is 33.7 Å². The van der Waals surface area contributed by atoms with E-state index >= 15 is 0 Å². The van der Waals surface area contributed by atoms with Gasteiger partial charge in [0, 0.05) is 18.8 Å². The summed E-state index contributed by atoms with van der Waals surface area (Å²) in [4.78, 5) is 19.0. The molecule has 1 amide bonds. The number of carbonyl (C=O) groups is 1. The van der Waals surface area contributed by atoms with Crippen LogP contribution in [0.15, 0.2) is 40.3 Å². The molecular weight excluding hydrogens is 392 g/mol. The van der Waals surface area contributed by atoms with Crippen molar-refractivity contribution in [2.24, 2.45) is 0 Å². The molecule has 0 spiro atoms. The Hall–Kier alpha value is -2.88. The molecule has 0 N–H and O–H groups in total. The molecule has 0 saturated carbocycles. The van der Waals surface area contributed by atoms with Gasteiger partial charge < -0.3 is 14.2 Å². The summed E-state index contributed by atoms with van der Waals surface area (Å²) in [5.74, 6) is 2.48. The molecule has 1 fully saturated rings. The van der Waals surface area contributed by atoms with E-state index in [1.54, 1.807) is 20.4 Å². The van der Waals surface area contributed by atoms with Crippen LogP contribution >= 0.6 is 11.8 Å². The number of thioether (sulfide) groups is 1.